The van der Waals surface area contributed by atoms with Crippen LogP contribution in [0.15, 0.2) is 42.5 Å². The highest BCUT2D eigenvalue weighted by molar-refractivity contribution is 5.73. The zero-order valence-corrected chi connectivity index (χ0v) is 17.1. The average Bonchev–Trinajstić information content (AvgIpc) is 2.68. The molecule has 2 aromatic rings. The molecule has 1 heterocycles. The van der Waals surface area contributed by atoms with Crippen LogP contribution in [0, 0.1) is 19.4 Å². The molecular weight excluding hydrogens is 346 g/mol. The highest BCUT2D eigenvalue weighted by atomic mass is 16.2. The van der Waals surface area contributed by atoms with Crippen LogP contribution in [0.5, 0.6) is 0 Å². The van der Waals surface area contributed by atoms with Gasteiger partial charge in [-0.15, -0.1) is 0 Å². The van der Waals surface area contributed by atoms with Gasteiger partial charge in [-0.1, -0.05) is 35.9 Å². The smallest absolute Gasteiger partial charge is 0.219 e. The van der Waals surface area contributed by atoms with Gasteiger partial charge in [0.25, 0.3) is 0 Å². The average molecular weight is 376 g/mol. The summed E-state index contributed by atoms with van der Waals surface area (Å²) in [5.41, 5.74) is 5.11. The summed E-state index contributed by atoms with van der Waals surface area (Å²) in [4.78, 5) is 20.2. The largest absolute Gasteiger partial charge is 0.338 e. The third kappa shape index (κ3) is 5.21. The minimum absolute atomic E-state index is 0.136. The van der Waals surface area contributed by atoms with Crippen molar-refractivity contribution in [3.63, 3.8) is 0 Å². The molecule has 0 aliphatic carbocycles. The van der Waals surface area contributed by atoms with Crippen molar-refractivity contribution in [1.82, 2.24) is 9.80 Å². The van der Waals surface area contributed by atoms with Crippen LogP contribution in [0.1, 0.15) is 30.9 Å². The van der Waals surface area contributed by atoms with Gasteiger partial charge in [-0.25, -0.2) is 4.85 Å². The van der Waals surface area contributed by atoms with Gasteiger partial charge in [-0.05, 0) is 74.6 Å². The van der Waals surface area contributed by atoms with E-state index < -0.39 is 0 Å². The van der Waals surface area contributed by atoms with E-state index in [2.05, 4.69) is 41.9 Å². The van der Waals surface area contributed by atoms with Gasteiger partial charge in [0.05, 0.1) is 6.57 Å². The van der Waals surface area contributed by atoms with Crippen LogP contribution < -0.4 is 0 Å². The van der Waals surface area contributed by atoms with Crippen molar-refractivity contribution in [2.24, 2.45) is 5.92 Å². The van der Waals surface area contributed by atoms with E-state index in [1.54, 1.807) is 6.92 Å². The van der Waals surface area contributed by atoms with Gasteiger partial charge < -0.3 is 9.80 Å². The number of amides is 1. The van der Waals surface area contributed by atoms with Gasteiger partial charge in [0.1, 0.15) is 0 Å². The maximum atomic E-state index is 12.3. The van der Waals surface area contributed by atoms with Crippen molar-refractivity contribution in [2.75, 3.05) is 26.7 Å². The number of likely N-dealkylation sites (tertiary alicyclic amines) is 1. The summed E-state index contributed by atoms with van der Waals surface area (Å²) in [7, 11) is 2.16. The summed E-state index contributed by atoms with van der Waals surface area (Å²) < 4.78 is 0. The fraction of sp³-hybridized carbons (Fsp3) is 0.417. The summed E-state index contributed by atoms with van der Waals surface area (Å²) >= 11 is 0. The van der Waals surface area contributed by atoms with E-state index in [0.717, 1.165) is 49.2 Å². The predicted octanol–water partition coefficient (Wildman–Crippen LogP) is 4.90. The number of carbonyl (C=O) groups is 1. The van der Waals surface area contributed by atoms with Crippen LogP contribution in [-0.2, 0) is 11.3 Å². The van der Waals surface area contributed by atoms with E-state index >= 15 is 0 Å². The topological polar surface area (TPSA) is 27.9 Å². The summed E-state index contributed by atoms with van der Waals surface area (Å²) in [5, 5.41) is 0. The normalized spacial score (nSPS) is 15.2. The van der Waals surface area contributed by atoms with E-state index in [1.165, 1.54) is 5.56 Å². The number of piperidine rings is 1. The van der Waals surface area contributed by atoms with Crippen molar-refractivity contribution >= 4 is 11.6 Å². The van der Waals surface area contributed by atoms with Gasteiger partial charge in [-0.2, -0.15) is 0 Å². The number of benzene rings is 2. The van der Waals surface area contributed by atoms with Crippen molar-refractivity contribution in [3.05, 3.63) is 65.0 Å². The summed E-state index contributed by atoms with van der Waals surface area (Å²) in [6.07, 6.45) is 2.31. The maximum absolute atomic E-state index is 12.3. The Morgan fingerprint density at radius 3 is 2.61 bits per heavy atom. The Morgan fingerprint density at radius 1 is 1.18 bits per heavy atom. The minimum Gasteiger partial charge on any atom is -0.338 e. The molecule has 28 heavy (non-hydrogen) atoms. The van der Waals surface area contributed by atoms with Gasteiger partial charge in [0.2, 0.25) is 5.91 Å². The first-order chi connectivity index (χ1) is 13.4. The second kappa shape index (κ2) is 9.03. The Morgan fingerprint density at radius 2 is 1.93 bits per heavy atom. The number of aryl methyl sites for hydroxylation is 1. The zero-order valence-electron chi connectivity index (χ0n) is 17.1. The lowest BCUT2D eigenvalue weighted by atomic mass is 9.95. The fourth-order valence-electron chi connectivity index (χ4n) is 3.96. The highest BCUT2D eigenvalue weighted by Gasteiger charge is 2.21. The number of hydrogen-bond donors (Lipinski definition) is 0. The quantitative estimate of drug-likeness (QED) is 0.695. The van der Waals surface area contributed by atoms with Crippen LogP contribution in [-0.4, -0.2) is 42.4 Å². The first kappa shape index (κ1) is 20.1. The van der Waals surface area contributed by atoms with Crippen molar-refractivity contribution in [2.45, 2.75) is 33.2 Å². The Bertz CT molecular complexity index is 876. The lowest BCUT2D eigenvalue weighted by Gasteiger charge is -2.33. The molecule has 4 heteroatoms. The van der Waals surface area contributed by atoms with E-state index in [9.17, 15) is 4.79 Å². The molecule has 0 unspecified atom stereocenters. The molecule has 1 aliphatic heterocycles. The molecule has 1 aliphatic rings. The summed E-state index contributed by atoms with van der Waals surface area (Å²) in [5.74, 6) is 0.719. The van der Waals surface area contributed by atoms with Gasteiger partial charge in [0, 0.05) is 20.0 Å². The third-order valence-corrected chi connectivity index (χ3v) is 5.58. The predicted molar refractivity (Wildman–Crippen MR) is 114 cm³/mol. The number of hydrogen-bond acceptors (Lipinski definition) is 2. The van der Waals surface area contributed by atoms with E-state index in [1.807, 2.05) is 29.2 Å². The van der Waals surface area contributed by atoms with Crippen LogP contribution in [0.2, 0.25) is 0 Å². The Hall–Kier alpha value is -2.64. The van der Waals surface area contributed by atoms with Crippen molar-refractivity contribution < 1.29 is 4.79 Å². The molecule has 2 aromatic carbocycles. The van der Waals surface area contributed by atoms with Gasteiger partial charge in [-0.3, -0.25) is 4.79 Å². The molecule has 0 aromatic heterocycles. The molecule has 0 spiro atoms. The van der Waals surface area contributed by atoms with E-state index in [4.69, 9.17) is 6.57 Å². The zero-order chi connectivity index (χ0) is 20.1. The maximum Gasteiger partial charge on any atom is 0.219 e. The number of nitrogens with zero attached hydrogens (tertiary/aromatic N) is 3. The summed E-state index contributed by atoms with van der Waals surface area (Å²) in [6.45, 7) is 14.7. The van der Waals surface area contributed by atoms with E-state index in [-0.39, 0.29) is 5.91 Å². The molecule has 0 N–H and O–H groups in total. The monoisotopic (exact) mass is 375 g/mol. The minimum atomic E-state index is 0.136. The lowest BCUT2D eigenvalue weighted by Crippen LogP contribution is -2.38. The Kier molecular flexibility index (Phi) is 6.49. The second-order valence-electron chi connectivity index (χ2n) is 8.02. The molecular formula is C24H29N3O. The standard InChI is InChI=1S/C24H29N3O/c1-18-12-21(14-23(13-18)22-6-5-7-24(15-22)25-3)17-27(19(2)28)16-20-8-10-26(4)11-9-20/h5-7,12-15,20H,8-11,16-17H2,1-2,4H3. The Balaban J connectivity index is 1.79. The third-order valence-electron chi connectivity index (χ3n) is 5.58. The summed E-state index contributed by atoms with van der Waals surface area (Å²) in [6, 6.07) is 14.2. The number of rotatable bonds is 5. The highest BCUT2D eigenvalue weighted by Crippen LogP contribution is 2.27. The molecule has 1 fully saturated rings. The van der Waals surface area contributed by atoms with Gasteiger partial charge in [0.15, 0.2) is 5.69 Å². The molecule has 0 bridgehead atoms. The molecule has 4 nitrogen and oxygen atoms in total. The first-order valence-corrected chi connectivity index (χ1v) is 9.97. The van der Waals surface area contributed by atoms with E-state index in [0.29, 0.717) is 18.2 Å². The number of carbonyl (C=O) groups excluding carboxylic acids is 1. The van der Waals surface area contributed by atoms with Gasteiger partial charge >= 0.3 is 0 Å². The molecule has 3 rings (SSSR count). The molecule has 0 saturated carbocycles. The van der Waals surface area contributed by atoms with Crippen LogP contribution >= 0.6 is 0 Å². The molecule has 1 amide bonds. The Labute approximate surface area is 168 Å². The second-order valence-corrected chi connectivity index (χ2v) is 8.02. The SMILES string of the molecule is [C-]#[N+]c1cccc(-c2cc(C)cc(CN(CC3CCN(C)CC3)C(C)=O)c2)c1. The molecule has 146 valence electrons. The van der Waals surface area contributed by atoms with Crippen LogP contribution in [0.25, 0.3) is 16.0 Å². The first-order valence-electron chi connectivity index (χ1n) is 9.97. The van der Waals surface area contributed by atoms with Crippen LogP contribution in [0.4, 0.5) is 5.69 Å². The fourth-order valence-corrected chi connectivity index (χ4v) is 3.96. The molecule has 0 atom stereocenters. The van der Waals surface area contributed by atoms with Crippen molar-refractivity contribution in [1.29, 1.82) is 0 Å². The molecule has 1 saturated heterocycles. The molecule has 0 radical (unpaired) electrons. The van der Waals surface area contributed by atoms with Crippen molar-refractivity contribution in [3.8, 4) is 11.1 Å². The lowest BCUT2D eigenvalue weighted by molar-refractivity contribution is -0.130. The van der Waals surface area contributed by atoms with Crippen LogP contribution in [0.3, 0.4) is 0 Å².